The molecule has 9 rings (SSSR count). The summed E-state index contributed by atoms with van der Waals surface area (Å²) in [5, 5.41) is 49.6. The van der Waals surface area contributed by atoms with E-state index in [4.69, 9.17) is 26.7 Å². The molecular weight excluding hydrogens is 1970 g/mol. The molecular formula is C112H149F6N9O18S3. The lowest BCUT2D eigenvalue weighted by atomic mass is 10.0. The van der Waals surface area contributed by atoms with Crippen LogP contribution in [0.15, 0.2) is 188 Å². The number of aryl methyl sites for hydroxylation is 5. The molecule has 13 N–H and O–H groups in total. The van der Waals surface area contributed by atoms with Crippen LogP contribution >= 0.6 is 0 Å². The molecule has 148 heavy (non-hydrogen) atoms. The molecule has 27 nitrogen and oxygen atoms in total. The minimum absolute atomic E-state index is 0.00478. The Labute approximate surface area is 868 Å². The van der Waals surface area contributed by atoms with Gasteiger partial charge in [0.05, 0.1) is 65.5 Å². The zero-order chi connectivity index (χ0) is 109. The van der Waals surface area contributed by atoms with Crippen molar-refractivity contribution in [3.63, 3.8) is 0 Å². The number of nitrogens with two attached hydrogens (primary N) is 3. The number of amides is 6. The molecule has 0 aliphatic carbocycles. The molecule has 0 radical (unpaired) electrons. The van der Waals surface area contributed by atoms with E-state index in [9.17, 15) is 101 Å². The summed E-state index contributed by atoms with van der Waals surface area (Å²) in [5.74, 6) is -10.5. The van der Waals surface area contributed by atoms with Crippen LogP contribution in [0.5, 0.6) is 17.2 Å². The van der Waals surface area contributed by atoms with Gasteiger partial charge in [0.25, 0.3) is 17.7 Å². The average molecular weight is 2120 g/mol. The first-order valence-electron chi connectivity index (χ1n) is 50.6. The first-order valence-corrected chi connectivity index (χ1v) is 55.7. The Morgan fingerprint density at radius 3 is 0.932 bits per heavy atom. The van der Waals surface area contributed by atoms with Gasteiger partial charge in [0.1, 0.15) is 58.8 Å². The van der Waals surface area contributed by atoms with Crippen LogP contribution in [0.4, 0.5) is 26.3 Å². The summed E-state index contributed by atoms with van der Waals surface area (Å²) in [6.45, 7) is 19.6. The van der Waals surface area contributed by atoms with Crippen molar-refractivity contribution in [3.05, 3.63) is 301 Å². The van der Waals surface area contributed by atoms with Crippen LogP contribution in [-0.2, 0) is 102 Å². The van der Waals surface area contributed by atoms with E-state index >= 15 is 0 Å². The minimum Gasteiger partial charge on any atom is -0.508 e. The smallest absolute Gasteiger partial charge is 0.252 e. The van der Waals surface area contributed by atoms with Crippen molar-refractivity contribution in [1.29, 1.82) is 0 Å². The molecule has 6 amide bonds. The SMILES string of the molecule is CCCC(CCC)S(=O)(=O)CC(NC(=O)c1cc(C)c(OC)c(OC)c1)C(=O)N(Cc1cccc(CC)c1)C[C@@H](O)[C@@H](N)Cc1cc(F)cc(F)c1.CCCC(CCC)S(=O)(=O)CC(NC(=O)c1cccc(O)c1)C(=O)N(Cc1cccc(CC)c1)C[C@@H](O)[C@@H](N)Cc1cc(F)cc(F)c1.CCCC(CCC)S(=O)(=O)CC(NC(=O)c1ccccc1C)C(=O)N(Cc1cccc(CC)c1)C[C@@H](O)[C@@H](N)Cc1cc(F)cc(F)c1. The Hall–Kier alpha value is -11.6. The molecule has 0 saturated heterocycles. The maximum absolute atomic E-state index is 14.6. The third kappa shape index (κ3) is 38.8. The van der Waals surface area contributed by atoms with E-state index in [0.29, 0.717) is 111 Å². The number of nitrogens with zero attached hydrogens (tertiary/aromatic N) is 3. The Morgan fingerprint density at radius 1 is 0.345 bits per heavy atom. The normalized spacial score (nSPS) is 13.5. The van der Waals surface area contributed by atoms with Gasteiger partial charge in [-0.15, -0.1) is 0 Å². The van der Waals surface area contributed by atoms with Gasteiger partial charge in [-0.2, -0.15) is 0 Å². The molecule has 0 saturated carbocycles. The fraction of sp³-hybridized carbons (Fsp3) is 0.464. The Morgan fingerprint density at radius 2 is 0.642 bits per heavy atom. The van der Waals surface area contributed by atoms with Gasteiger partial charge in [-0.1, -0.05) is 198 Å². The number of methoxy groups -OCH3 is 2. The second-order valence-electron chi connectivity index (χ2n) is 37.9. The van der Waals surface area contributed by atoms with Crippen LogP contribution in [0.25, 0.3) is 0 Å². The minimum atomic E-state index is -3.93. The van der Waals surface area contributed by atoms with Crippen LogP contribution in [0, 0.1) is 48.8 Å². The summed E-state index contributed by atoms with van der Waals surface area (Å²) >= 11 is 0. The van der Waals surface area contributed by atoms with Gasteiger partial charge in [0, 0.05) is 92.3 Å². The predicted molar refractivity (Wildman–Crippen MR) is 565 cm³/mol. The van der Waals surface area contributed by atoms with Crippen LogP contribution in [0.1, 0.15) is 232 Å². The first kappa shape index (κ1) is 123. The highest BCUT2D eigenvalue weighted by atomic mass is 32.2. The first-order chi connectivity index (χ1) is 70.2. The lowest BCUT2D eigenvalue weighted by Crippen LogP contribution is -2.55. The number of benzene rings is 9. The number of aromatic hydroxyl groups is 1. The Balaban J connectivity index is 0.000000301. The fourth-order valence-corrected chi connectivity index (χ4v) is 24.4. The molecule has 0 spiro atoms. The summed E-state index contributed by atoms with van der Waals surface area (Å²) in [6, 6.07) is 38.9. The van der Waals surface area contributed by atoms with Crippen molar-refractivity contribution < 1.29 is 110 Å². The molecule has 810 valence electrons. The summed E-state index contributed by atoms with van der Waals surface area (Å²) in [4.78, 5) is 88.1. The Bertz CT molecular complexity index is 6130. The van der Waals surface area contributed by atoms with Crippen molar-refractivity contribution in [2.75, 3.05) is 51.1 Å². The zero-order valence-corrected chi connectivity index (χ0v) is 89.4. The molecule has 9 atom stereocenters. The molecule has 3 unspecified atom stereocenters. The highest BCUT2D eigenvalue weighted by Crippen LogP contribution is 2.34. The molecule has 36 heteroatoms. The van der Waals surface area contributed by atoms with Gasteiger partial charge in [-0.05, 0) is 225 Å². The van der Waals surface area contributed by atoms with Gasteiger partial charge in [0.15, 0.2) is 41.0 Å². The number of carbonyl (C=O) groups excluding carboxylic acids is 6. The number of aliphatic hydroxyl groups excluding tert-OH is 3. The second kappa shape index (κ2) is 60.3. The number of hydrogen-bond donors (Lipinski definition) is 10. The largest absolute Gasteiger partial charge is 0.508 e. The number of nitrogens with one attached hydrogen (secondary N) is 3. The maximum atomic E-state index is 14.6. The monoisotopic (exact) mass is 2120 g/mol. The van der Waals surface area contributed by atoms with E-state index < -0.39 is 187 Å². The molecule has 9 aromatic carbocycles. The van der Waals surface area contributed by atoms with E-state index in [0.717, 1.165) is 96.1 Å². The lowest BCUT2D eigenvalue weighted by molar-refractivity contribution is -0.135. The molecule has 0 bridgehead atoms. The standard InChI is InChI=1S/C39H53F2N3O7S.C37H49F2N3O5S.C36H47F2N3O6S/c1-7-11-32(12-8-2)52(48,49)24-34(43-38(46)29-15-25(4)37(51-6)36(20-29)50-5)39(47)44(22-27-14-10-13-26(9-3)16-27)23-35(45)33(42)19-28-17-30(40)21-31(41)18-28;1-5-11-31(12-6-2)48(46,47)24-34(41-36(44)32-16-9-8-13-25(32)4)37(45)42(22-27-15-10-14-26(7-3)17-27)23-35(43)33(40)20-28-18-29(38)21-30(39)19-28;1-4-9-31(10-5-2)48(46,47)23-33(40-35(44)27-13-8-14-30(42)19-27)36(45)41(21-25-12-7-11-24(6-3)15-25)22-34(43)32(39)18-26-16-28(37)20-29(38)17-26/h10,13-18,20-21,32-35,45H,7-9,11-12,19,22-24,42H2,1-6H3,(H,43,46);8-10,13-19,21,31,33-35,43H,5-7,11-12,20,22-24,40H2,1-4H3,(H,41,44);7-8,11-17,19-20,31-34,42-43H,4-6,9-10,18,21-23,39H2,1-3H3,(H,40,44)/t2*33-,34?,35+;32-,33?,34+/m000/s1. The number of phenolic OH excluding ortho intramolecular Hbond substituents is 1. The number of aliphatic hydroxyl groups is 3. The zero-order valence-electron chi connectivity index (χ0n) is 87.0. The fourth-order valence-electron chi connectivity index (χ4n) is 17.9. The summed E-state index contributed by atoms with van der Waals surface area (Å²) < 4.78 is 177. The summed E-state index contributed by atoms with van der Waals surface area (Å²) in [7, 11) is -8.80. The van der Waals surface area contributed by atoms with Crippen molar-refractivity contribution in [3.8, 4) is 17.2 Å². The van der Waals surface area contributed by atoms with E-state index in [1.807, 2.05) is 123 Å². The number of ether oxygens (including phenoxy) is 2. The molecule has 0 aliphatic rings. The van der Waals surface area contributed by atoms with E-state index in [-0.39, 0.29) is 97.8 Å². The highest BCUT2D eigenvalue weighted by Gasteiger charge is 2.41. The van der Waals surface area contributed by atoms with Crippen molar-refractivity contribution in [2.24, 2.45) is 17.2 Å². The van der Waals surface area contributed by atoms with Gasteiger partial charge >= 0.3 is 0 Å². The predicted octanol–water partition coefficient (Wildman–Crippen LogP) is 15.2. The van der Waals surface area contributed by atoms with Crippen LogP contribution in [0.2, 0.25) is 0 Å². The van der Waals surface area contributed by atoms with Crippen molar-refractivity contribution in [1.82, 2.24) is 30.7 Å². The Kier molecular flexibility index (Phi) is 50.2. The van der Waals surface area contributed by atoms with Crippen molar-refractivity contribution in [2.45, 2.75) is 282 Å². The van der Waals surface area contributed by atoms with E-state index in [1.54, 1.807) is 56.3 Å². The molecule has 9 aromatic rings. The van der Waals surface area contributed by atoms with Crippen LogP contribution < -0.4 is 42.6 Å². The van der Waals surface area contributed by atoms with Crippen LogP contribution in [-0.4, -0.2) is 217 Å². The number of carbonyl (C=O) groups is 6. The van der Waals surface area contributed by atoms with Gasteiger partial charge in [-0.25, -0.2) is 51.6 Å². The average Bonchev–Trinajstić information content (AvgIpc) is 0.823. The van der Waals surface area contributed by atoms with Crippen LogP contribution in [0.3, 0.4) is 0 Å². The van der Waals surface area contributed by atoms with E-state index in [2.05, 4.69) is 16.0 Å². The van der Waals surface area contributed by atoms with Gasteiger partial charge in [-0.3, -0.25) is 28.8 Å². The van der Waals surface area contributed by atoms with Gasteiger partial charge < -0.3 is 77.8 Å². The summed E-state index contributed by atoms with van der Waals surface area (Å²) in [5.41, 5.74) is 26.4. The third-order valence-corrected chi connectivity index (χ3v) is 32.6. The third-order valence-electron chi connectivity index (χ3n) is 25.8. The number of hydrogen-bond acceptors (Lipinski definition) is 21. The lowest BCUT2D eigenvalue weighted by Gasteiger charge is -2.32. The number of halogens is 6. The van der Waals surface area contributed by atoms with E-state index in [1.165, 1.54) is 59.3 Å². The topological polar surface area (TPSA) is 428 Å². The molecule has 0 heterocycles. The van der Waals surface area contributed by atoms with Crippen molar-refractivity contribution >= 4 is 65.0 Å². The molecule has 0 aliphatic heterocycles. The second-order valence-corrected chi connectivity index (χ2v) is 44.9. The quantitative estimate of drug-likeness (QED) is 0.0158. The summed E-state index contributed by atoms with van der Waals surface area (Å²) in [6.07, 6.45) is 3.86. The molecule has 0 aromatic heterocycles. The number of sulfone groups is 3. The number of rotatable bonds is 56. The molecule has 0 fully saturated rings. The highest BCUT2D eigenvalue weighted by molar-refractivity contribution is 7.92. The number of phenols is 1. The maximum Gasteiger partial charge on any atom is 0.252 e. The van der Waals surface area contributed by atoms with Gasteiger partial charge in [0.2, 0.25) is 17.7 Å².